The van der Waals surface area contributed by atoms with E-state index in [2.05, 4.69) is 34.3 Å². The Labute approximate surface area is 247 Å². The van der Waals surface area contributed by atoms with E-state index in [1.807, 2.05) is 49.4 Å². The molecule has 0 saturated carbocycles. The molecule has 8 heteroatoms. The number of phenols is 1. The van der Waals surface area contributed by atoms with Gasteiger partial charge in [0.25, 0.3) is 5.91 Å². The lowest BCUT2D eigenvalue weighted by Crippen LogP contribution is -2.42. The van der Waals surface area contributed by atoms with Gasteiger partial charge in [-0.1, -0.05) is 61.5 Å². The third kappa shape index (κ3) is 7.00. The topological polar surface area (TPSA) is 96.8 Å². The summed E-state index contributed by atoms with van der Waals surface area (Å²) in [5.74, 6) is 1.97. The summed E-state index contributed by atoms with van der Waals surface area (Å²) in [6.45, 7) is 6.59. The molecule has 0 spiro atoms. The van der Waals surface area contributed by atoms with Gasteiger partial charge in [-0.25, -0.2) is 4.98 Å². The second-order valence-corrected chi connectivity index (χ2v) is 10.9. The van der Waals surface area contributed by atoms with E-state index in [4.69, 9.17) is 14.5 Å². The average Bonchev–Trinajstić information content (AvgIpc) is 3.02. The van der Waals surface area contributed by atoms with Gasteiger partial charge in [0.15, 0.2) is 11.5 Å². The Balaban J connectivity index is 1.31. The first-order chi connectivity index (χ1) is 20.4. The van der Waals surface area contributed by atoms with E-state index in [0.717, 1.165) is 48.0 Å². The molecule has 2 atom stereocenters. The molecule has 3 aromatic carbocycles. The first-order valence-electron chi connectivity index (χ1n) is 14.5. The lowest BCUT2D eigenvalue weighted by molar-refractivity contribution is 0.0941. The van der Waals surface area contributed by atoms with E-state index in [9.17, 15) is 9.90 Å². The van der Waals surface area contributed by atoms with Gasteiger partial charge >= 0.3 is 0 Å². The van der Waals surface area contributed by atoms with Crippen LogP contribution in [0.4, 0.5) is 5.82 Å². The molecule has 0 aliphatic carbocycles. The zero-order valence-electron chi connectivity index (χ0n) is 24.2. The quantitative estimate of drug-likeness (QED) is 0.245. The third-order valence-corrected chi connectivity index (χ3v) is 7.65. The van der Waals surface area contributed by atoms with Crippen molar-refractivity contribution in [2.75, 3.05) is 31.1 Å². The Morgan fingerprint density at radius 2 is 1.76 bits per heavy atom. The molecular formula is C34H38N4O4. The Kier molecular flexibility index (Phi) is 9.21. The number of aromatic nitrogens is 2. The van der Waals surface area contributed by atoms with Crippen LogP contribution >= 0.6 is 0 Å². The van der Waals surface area contributed by atoms with Gasteiger partial charge in [0.05, 0.1) is 30.6 Å². The van der Waals surface area contributed by atoms with Gasteiger partial charge in [0, 0.05) is 31.1 Å². The SMILES string of the molecule is CCOc1ccccc1O[C@@H]1CCCN(c2cncc(C[C@@](C)(CNC(=O)c3ccccc3O)c3ccccc3)n2)C1. The number of carbonyl (C=O) groups is 1. The summed E-state index contributed by atoms with van der Waals surface area (Å²) in [7, 11) is 0. The van der Waals surface area contributed by atoms with Crippen molar-refractivity contribution >= 4 is 11.7 Å². The van der Waals surface area contributed by atoms with E-state index in [-0.39, 0.29) is 23.3 Å². The number of aromatic hydroxyl groups is 1. The highest BCUT2D eigenvalue weighted by Crippen LogP contribution is 2.31. The largest absolute Gasteiger partial charge is 0.507 e. The number of hydrogen-bond acceptors (Lipinski definition) is 7. The molecule has 1 fully saturated rings. The molecule has 1 saturated heterocycles. The predicted octanol–water partition coefficient (Wildman–Crippen LogP) is 5.56. The van der Waals surface area contributed by atoms with Crippen molar-refractivity contribution in [3.05, 3.63) is 108 Å². The summed E-state index contributed by atoms with van der Waals surface area (Å²) in [6.07, 6.45) is 6.10. The van der Waals surface area contributed by atoms with Crippen LogP contribution in [0.1, 0.15) is 48.3 Å². The van der Waals surface area contributed by atoms with Crippen LogP contribution in [-0.4, -0.2) is 53.3 Å². The van der Waals surface area contributed by atoms with E-state index in [1.54, 1.807) is 30.6 Å². The predicted molar refractivity (Wildman–Crippen MR) is 163 cm³/mol. The van der Waals surface area contributed by atoms with Crippen LogP contribution in [0.5, 0.6) is 17.2 Å². The smallest absolute Gasteiger partial charge is 0.255 e. The molecule has 1 amide bonds. The highest BCUT2D eigenvalue weighted by Gasteiger charge is 2.30. The van der Waals surface area contributed by atoms with Crippen molar-refractivity contribution in [2.45, 2.75) is 44.6 Å². The number of carbonyl (C=O) groups excluding carboxylic acids is 1. The number of nitrogens with zero attached hydrogens (tertiary/aromatic N) is 3. The van der Waals surface area contributed by atoms with Crippen LogP contribution < -0.4 is 19.7 Å². The molecule has 4 aromatic rings. The maximum atomic E-state index is 13.0. The van der Waals surface area contributed by atoms with Gasteiger partial charge in [-0.2, -0.15) is 0 Å². The molecule has 0 unspecified atom stereocenters. The zero-order valence-corrected chi connectivity index (χ0v) is 24.2. The minimum absolute atomic E-state index is 0.00464. The monoisotopic (exact) mass is 566 g/mol. The van der Waals surface area contributed by atoms with Gasteiger partial charge < -0.3 is 24.8 Å². The average molecular weight is 567 g/mol. The molecule has 2 N–H and O–H groups in total. The standard InChI is InChI=1S/C34H38N4O4/c1-3-41-30-17-9-10-18-31(30)42-27-14-11-19-38(23-27)32-22-35-21-26(37-32)20-34(2,25-12-5-4-6-13-25)24-36-33(40)28-15-7-8-16-29(28)39/h4-10,12-13,15-18,21-22,27,39H,3,11,14,19-20,23-24H2,1-2H3,(H,36,40)/t27-,34+/m1/s1. The van der Waals surface area contributed by atoms with Gasteiger partial charge in [-0.05, 0) is 49.6 Å². The van der Waals surface area contributed by atoms with Crippen LogP contribution in [0.2, 0.25) is 0 Å². The molecular weight excluding hydrogens is 528 g/mol. The molecule has 218 valence electrons. The molecule has 42 heavy (non-hydrogen) atoms. The second kappa shape index (κ2) is 13.4. The highest BCUT2D eigenvalue weighted by atomic mass is 16.5. The number of piperidine rings is 1. The van der Waals surface area contributed by atoms with E-state index in [0.29, 0.717) is 26.1 Å². The summed E-state index contributed by atoms with van der Waals surface area (Å²) in [4.78, 5) is 24.8. The highest BCUT2D eigenvalue weighted by molar-refractivity contribution is 5.96. The summed E-state index contributed by atoms with van der Waals surface area (Å²) in [6, 6.07) is 24.5. The molecule has 1 aliphatic rings. The van der Waals surface area contributed by atoms with Crippen LogP contribution in [0.25, 0.3) is 0 Å². The second-order valence-electron chi connectivity index (χ2n) is 10.9. The van der Waals surface area contributed by atoms with Crippen molar-refractivity contribution < 1.29 is 19.4 Å². The molecule has 5 rings (SSSR count). The summed E-state index contributed by atoms with van der Waals surface area (Å²) >= 11 is 0. The first-order valence-corrected chi connectivity index (χ1v) is 14.5. The number of phenolic OH excluding ortho intramolecular Hbond substituents is 1. The van der Waals surface area contributed by atoms with Gasteiger partial charge in [0.1, 0.15) is 17.7 Å². The minimum Gasteiger partial charge on any atom is -0.507 e. The maximum absolute atomic E-state index is 13.0. The van der Waals surface area contributed by atoms with Crippen molar-refractivity contribution in [3.63, 3.8) is 0 Å². The zero-order chi connectivity index (χ0) is 29.4. The molecule has 8 nitrogen and oxygen atoms in total. The van der Waals surface area contributed by atoms with Gasteiger partial charge in [0.2, 0.25) is 0 Å². The van der Waals surface area contributed by atoms with Crippen molar-refractivity contribution in [3.8, 4) is 17.2 Å². The lowest BCUT2D eigenvalue weighted by atomic mass is 9.78. The Morgan fingerprint density at radius 1 is 1.02 bits per heavy atom. The normalized spacial score (nSPS) is 16.3. The number of para-hydroxylation sites is 3. The Bertz CT molecular complexity index is 1480. The third-order valence-electron chi connectivity index (χ3n) is 7.65. The van der Waals surface area contributed by atoms with Crippen LogP contribution in [-0.2, 0) is 11.8 Å². The fraction of sp³-hybridized carbons (Fsp3) is 0.324. The summed E-state index contributed by atoms with van der Waals surface area (Å²) < 4.78 is 12.1. The molecule has 1 aliphatic heterocycles. The van der Waals surface area contributed by atoms with E-state index >= 15 is 0 Å². The Hall–Kier alpha value is -4.59. The van der Waals surface area contributed by atoms with Crippen molar-refractivity contribution in [1.29, 1.82) is 0 Å². The van der Waals surface area contributed by atoms with Gasteiger partial charge in [-0.3, -0.25) is 9.78 Å². The molecule has 2 heterocycles. The van der Waals surface area contributed by atoms with Crippen molar-refractivity contribution in [2.24, 2.45) is 0 Å². The first kappa shape index (κ1) is 28.9. The van der Waals surface area contributed by atoms with E-state index in [1.165, 1.54) is 6.07 Å². The number of amides is 1. The number of nitrogens with one attached hydrogen (secondary N) is 1. The lowest BCUT2D eigenvalue weighted by Gasteiger charge is -2.34. The number of rotatable bonds is 11. The fourth-order valence-electron chi connectivity index (χ4n) is 5.42. The summed E-state index contributed by atoms with van der Waals surface area (Å²) in [5.41, 5.74) is 1.69. The number of benzene rings is 3. The van der Waals surface area contributed by atoms with Crippen LogP contribution in [0, 0.1) is 0 Å². The van der Waals surface area contributed by atoms with Gasteiger partial charge in [-0.15, -0.1) is 0 Å². The maximum Gasteiger partial charge on any atom is 0.255 e. The van der Waals surface area contributed by atoms with Crippen LogP contribution in [0.15, 0.2) is 91.3 Å². The summed E-state index contributed by atoms with van der Waals surface area (Å²) in [5, 5.41) is 13.2. The molecule has 1 aromatic heterocycles. The fourth-order valence-corrected chi connectivity index (χ4v) is 5.42. The van der Waals surface area contributed by atoms with E-state index < -0.39 is 5.41 Å². The number of anilines is 1. The number of hydrogen-bond donors (Lipinski definition) is 2. The molecule has 0 bridgehead atoms. The molecule has 0 radical (unpaired) electrons. The Morgan fingerprint density at radius 3 is 2.55 bits per heavy atom. The minimum atomic E-state index is -0.467. The van der Waals surface area contributed by atoms with Crippen LogP contribution in [0.3, 0.4) is 0 Å². The number of ether oxygens (including phenoxy) is 2. The van der Waals surface area contributed by atoms with Crippen molar-refractivity contribution in [1.82, 2.24) is 15.3 Å².